The summed E-state index contributed by atoms with van der Waals surface area (Å²) in [4.78, 5) is 18.3. The molecule has 0 spiro atoms. The molecule has 92 valence electrons. The highest BCUT2D eigenvalue weighted by Gasteiger charge is 2.28. The molecule has 1 aliphatic rings. The average molecular weight is 233 g/mol. The summed E-state index contributed by atoms with van der Waals surface area (Å²) < 4.78 is 0. The summed E-state index contributed by atoms with van der Waals surface area (Å²) in [7, 11) is 0. The standard InChI is InChI=1S/C13H19N3O/c14-7-3-9-16(12-5-1-6-12)13(17)11-4-2-8-15-10-11/h2,4,8,10,12H,1,3,5-7,9,14H2. The lowest BCUT2D eigenvalue weighted by Gasteiger charge is -2.37. The smallest absolute Gasteiger partial charge is 0.255 e. The molecule has 2 N–H and O–H groups in total. The van der Waals surface area contributed by atoms with E-state index in [4.69, 9.17) is 5.73 Å². The van der Waals surface area contributed by atoms with Crippen LogP contribution in [-0.4, -0.2) is 34.9 Å². The van der Waals surface area contributed by atoms with Crippen LogP contribution in [0.1, 0.15) is 36.0 Å². The third-order valence-electron chi connectivity index (χ3n) is 3.29. The van der Waals surface area contributed by atoms with E-state index in [2.05, 4.69) is 4.98 Å². The topological polar surface area (TPSA) is 59.2 Å². The molecule has 1 fully saturated rings. The molecule has 0 radical (unpaired) electrons. The molecular weight excluding hydrogens is 214 g/mol. The van der Waals surface area contributed by atoms with Crippen molar-refractivity contribution in [3.05, 3.63) is 30.1 Å². The Labute approximate surface area is 102 Å². The van der Waals surface area contributed by atoms with Gasteiger partial charge in [-0.1, -0.05) is 0 Å². The number of amides is 1. The quantitative estimate of drug-likeness (QED) is 0.836. The average Bonchev–Trinajstić information content (AvgIpc) is 2.32. The molecule has 0 aliphatic heterocycles. The summed E-state index contributed by atoms with van der Waals surface area (Å²) in [5.41, 5.74) is 6.20. The Balaban J connectivity index is 2.06. The second-order valence-electron chi connectivity index (χ2n) is 4.47. The zero-order chi connectivity index (χ0) is 12.1. The van der Waals surface area contributed by atoms with Gasteiger partial charge in [-0.2, -0.15) is 0 Å². The summed E-state index contributed by atoms with van der Waals surface area (Å²) in [5, 5.41) is 0. The molecule has 1 aromatic rings. The number of hydrogen-bond donors (Lipinski definition) is 1. The van der Waals surface area contributed by atoms with Gasteiger partial charge in [-0.3, -0.25) is 9.78 Å². The summed E-state index contributed by atoms with van der Waals surface area (Å²) in [5.74, 6) is 0.0938. The van der Waals surface area contributed by atoms with Gasteiger partial charge in [0.15, 0.2) is 0 Å². The Hall–Kier alpha value is -1.42. The minimum Gasteiger partial charge on any atom is -0.336 e. The Morgan fingerprint density at radius 1 is 1.53 bits per heavy atom. The number of aromatic nitrogens is 1. The maximum atomic E-state index is 12.3. The van der Waals surface area contributed by atoms with Crippen LogP contribution < -0.4 is 5.73 Å². The number of carbonyl (C=O) groups is 1. The molecule has 0 bridgehead atoms. The summed E-state index contributed by atoms with van der Waals surface area (Å²) in [6.45, 7) is 1.39. The van der Waals surface area contributed by atoms with E-state index in [1.807, 2.05) is 11.0 Å². The molecule has 0 aromatic carbocycles. The molecule has 1 saturated carbocycles. The minimum atomic E-state index is 0.0938. The Bertz CT molecular complexity index is 362. The third-order valence-corrected chi connectivity index (χ3v) is 3.29. The molecule has 0 unspecified atom stereocenters. The van der Waals surface area contributed by atoms with Crippen molar-refractivity contribution in [2.45, 2.75) is 31.7 Å². The van der Waals surface area contributed by atoms with Gasteiger partial charge in [0, 0.05) is 25.0 Å². The van der Waals surface area contributed by atoms with Gasteiger partial charge in [0.2, 0.25) is 0 Å². The van der Waals surface area contributed by atoms with Crippen molar-refractivity contribution in [3.63, 3.8) is 0 Å². The van der Waals surface area contributed by atoms with Crippen LogP contribution in [0.3, 0.4) is 0 Å². The van der Waals surface area contributed by atoms with E-state index in [0.717, 1.165) is 25.8 Å². The molecule has 1 aromatic heterocycles. The van der Waals surface area contributed by atoms with E-state index in [1.54, 1.807) is 18.5 Å². The molecule has 0 atom stereocenters. The number of rotatable bonds is 5. The van der Waals surface area contributed by atoms with Crippen LogP contribution in [0.4, 0.5) is 0 Å². The van der Waals surface area contributed by atoms with Gasteiger partial charge >= 0.3 is 0 Å². The van der Waals surface area contributed by atoms with E-state index in [-0.39, 0.29) is 5.91 Å². The van der Waals surface area contributed by atoms with Crippen molar-refractivity contribution >= 4 is 5.91 Å². The molecule has 0 saturated heterocycles. The number of nitrogens with zero attached hydrogens (tertiary/aromatic N) is 2. The van der Waals surface area contributed by atoms with Gasteiger partial charge in [0.1, 0.15) is 0 Å². The van der Waals surface area contributed by atoms with Crippen molar-refractivity contribution < 1.29 is 4.79 Å². The first-order chi connectivity index (χ1) is 8.33. The van der Waals surface area contributed by atoms with Crippen LogP contribution in [0.5, 0.6) is 0 Å². The van der Waals surface area contributed by atoms with Crippen molar-refractivity contribution in [3.8, 4) is 0 Å². The normalized spacial score (nSPS) is 15.4. The van der Waals surface area contributed by atoms with E-state index in [1.165, 1.54) is 6.42 Å². The first kappa shape index (κ1) is 12.0. The lowest BCUT2D eigenvalue weighted by atomic mass is 9.91. The minimum absolute atomic E-state index is 0.0938. The zero-order valence-corrected chi connectivity index (χ0v) is 10.0. The molecule has 1 heterocycles. The van der Waals surface area contributed by atoms with Crippen molar-refractivity contribution in [1.82, 2.24) is 9.88 Å². The van der Waals surface area contributed by atoms with Crippen LogP contribution in [0.25, 0.3) is 0 Å². The largest absolute Gasteiger partial charge is 0.336 e. The van der Waals surface area contributed by atoms with Gasteiger partial charge in [-0.15, -0.1) is 0 Å². The maximum Gasteiger partial charge on any atom is 0.255 e. The zero-order valence-electron chi connectivity index (χ0n) is 10.0. The van der Waals surface area contributed by atoms with Gasteiger partial charge in [-0.05, 0) is 44.4 Å². The molecule has 4 nitrogen and oxygen atoms in total. The lowest BCUT2D eigenvalue weighted by Crippen LogP contribution is -2.45. The van der Waals surface area contributed by atoms with E-state index in [9.17, 15) is 4.79 Å². The monoisotopic (exact) mass is 233 g/mol. The molecule has 17 heavy (non-hydrogen) atoms. The highest BCUT2D eigenvalue weighted by Crippen LogP contribution is 2.26. The van der Waals surface area contributed by atoms with Gasteiger partial charge in [-0.25, -0.2) is 0 Å². The number of hydrogen-bond acceptors (Lipinski definition) is 3. The Morgan fingerprint density at radius 2 is 2.35 bits per heavy atom. The van der Waals surface area contributed by atoms with E-state index >= 15 is 0 Å². The molecule has 1 aliphatic carbocycles. The number of carbonyl (C=O) groups excluding carboxylic acids is 1. The van der Waals surface area contributed by atoms with Crippen LogP contribution in [0.2, 0.25) is 0 Å². The fourth-order valence-electron chi connectivity index (χ4n) is 2.07. The fraction of sp³-hybridized carbons (Fsp3) is 0.538. The Kier molecular flexibility index (Phi) is 4.09. The summed E-state index contributed by atoms with van der Waals surface area (Å²) in [6.07, 6.45) is 7.65. The first-order valence-corrected chi connectivity index (χ1v) is 6.24. The predicted molar refractivity (Wildman–Crippen MR) is 66.6 cm³/mol. The van der Waals surface area contributed by atoms with E-state index in [0.29, 0.717) is 18.2 Å². The predicted octanol–water partition coefficient (Wildman–Crippen LogP) is 1.43. The van der Waals surface area contributed by atoms with Gasteiger partial charge < -0.3 is 10.6 Å². The van der Waals surface area contributed by atoms with Crippen molar-refractivity contribution in [2.24, 2.45) is 5.73 Å². The highest BCUT2D eigenvalue weighted by atomic mass is 16.2. The lowest BCUT2D eigenvalue weighted by molar-refractivity contribution is 0.0578. The second-order valence-corrected chi connectivity index (χ2v) is 4.47. The van der Waals surface area contributed by atoms with Crippen molar-refractivity contribution in [2.75, 3.05) is 13.1 Å². The Morgan fingerprint density at radius 3 is 2.88 bits per heavy atom. The second kappa shape index (κ2) is 5.77. The third kappa shape index (κ3) is 2.82. The summed E-state index contributed by atoms with van der Waals surface area (Å²) >= 11 is 0. The van der Waals surface area contributed by atoms with Crippen LogP contribution in [-0.2, 0) is 0 Å². The maximum absolute atomic E-state index is 12.3. The number of pyridine rings is 1. The highest BCUT2D eigenvalue weighted by molar-refractivity contribution is 5.94. The number of nitrogens with two attached hydrogens (primary N) is 1. The molecule has 2 rings (SSSR count). The molecule has 1 amide bonds. The van der Waals surface area contributed by atoms with Gasteiger partial charge in [0.05, 0.1) is 5.56 Å². The van der Waals surface area contributed by atoms with Crippen LogP contribution in [0.15, 0.2) is 24.5 Å². The van der Waals surface area contributed by atoms with Crippen molar-refractivity contribution in [1.29, 1.82) is 0 Å². The van der Waals surface area contributed by atoms with Crippen LogP contribution in [0, 0.1) is 0 Å². The summed E-state index contributed by atoms with van der Waals surface area (Å²) in [6, 6.07) is 4.03. The SMILES string of the molecule is NCCCN(C(=O)c1cccnc1)C1CCC1. The molecular formula is C13H19N3O. The first-order valence-electron chi connectivity index (χ1n) is 6.24. The van der Waals surface area contributed by atoms with E-state index < -0.39 is 0 Å². The molecule has 4 heteroatoms. The fourth-order valence-corrected chi connectivity index (χ4v) is 2.07. The van der Waals surface area contributed by atoms with Crippen LogP contribution >= 0.6 is 0 Å². The van der Waals surface area contributed by atoms with Gasteiger partial charge in [0.25, 0.3) is 5.91 Å².